The minimum atomic E-state index is -0.837. The van der Waals surface area contributed by atoms with Gasteiger partial charge in [-0.2, -0.15) is 0 Å². The third kappa shape index (κ3) is 11.3. The first-order valence-electron chi connectivity index (χ1n) is 8.89. The fourth-order valence-electron chi connectivity index (χ4n) is 2.51. The van der Waals surface area contributed by atoms with Crippen LogP contribution in [0.15, 0.2) is 30.3 Å². The smallest absolute Gasteiger partial charge is 0.320 e. The number of aliphatic carboxylic acids is 2. The normalized spacial score (nSPS) is 12.0. The van der Waals surface area contributed by atoms with E-state index < -0.39 is 18.0 Å². The lowest BCUT2D eigenvalue weighted by atomic mass is 10.1. The third-order valence-corrected chi connectivity index (χ3v) is 3.90. The van der Waals surface area contributed by atoms with E-state index in [2.05, 4.69) is 5.32 Å². The summed E-state index contributed by atoms with van der Waals surface area (Å²) in [5.41, 5.74) is 1.13. The van der Waals surface area contributed by atoms with Crippen LogP contribution in [0, 0.1) is 0 Å². The first-order valence-corrected chi connectivity index (χ1v) is 8.89. The van der Waals surface area contributed by atoms with Gasteiger partial charge in [-0.3, -0.25) is 9.59 Å². The number of hydrogen-bond donors (Lipinski definition) is 3. The van der Waals surface area contributed by atoms with Gasteiger partial charge in [-0.15, -0.1) is 0 Å². The van der Waals surface area contributed by atoms with E-state index in [-0.39, 0.29) is 6.42 Å². The Balaban J connectivity index is 2.04. The van der Waals surface area contributed by atoms with Gasteiger partial charge in [0, 0.05) is 13.0 Å². The average molecular weight is 351 g/mol. The molecule has 6 heteroatoms. The van der Waals surface area contributed by atoms with E-state index in [1.54, 1.807) is 0 Å². The van der Waals surface area contributed by atoms with Crippen molar-refractivity contribution in [2.45, 2.75) is 57.6 Å². The molecule has 25 heavy (non-hydrogen) atoms. The molecule has 1 rings (SSSR count). The average Bonchev–Trinajstić information content (AvgIpc) is 2.59. The van der Waals surface area contributed by atoms with Crippen molar-refractivity contribution < 1.29 is 24.5 Å². The zero-order valence-electron chi connectivity index (χ0n) is 14.7. The molecule has 0 radical (unpaired) electrons. The van der Waals surface area contributed by atoms with Crippen molar-refractivity contribution in [1.82, 2.24) is 5.32 Å². The Bertz CT molecular complexity index is 492. The second-order valence-electron chi connectivity index (χ2n) is 6.08. The molecule has 1 aromatic carbocycles. The van der Waals surface area contributed by atoms with Gasteiger partial charge in [0.05, 0.1) is 6.61 Å². The highest BCUT2D eigenvalue weighted by Crippen LogP contribution is 2.08. The number of rotatable bonds is 15. The van der Waals surface area contributed by atoms with E-state index in [1.807, 2.05) is 30.3 Å². The molecule has 0 saturated carbocycles. The predicted molar refractivity (Wildman–Crippen MR) is 95.5 cm³/mol. The van der Waals surface area contributed by atoms with Gasteiger partial charge >= 0.3 is 11.9 Å². The molecule has 0 aromatic heterocycles. The van der Waals surface area contributed by atoms with Crippen molar-refractivity contribution in [2.24, 2.45) is 0 Å². The number of carbonyl (C=O) groups is 2. The number of benzene rings is 1. The Hall–Kier alpha value is -1.92. The van der Waals surface area contributed by atoms with E-state index in [9.17, 15) is 14.7 Å². The number of hydrogen-bond acceptors (Lipinski definition) is 4. The minimum absolute atomic E-state index is 0.184. The molecule has 0 fully saturated rings. The standard InChI is InChI=1S/C19H29NO5/c21-18(22)12-7-2-1-6-11-17(19(23)24)20-13-8-14-25-15-16-9-4-3-5-10-16/h3-5,9-10,17,20H,1-2,6-8,11-15H2,(H,21,22)(H,23,24). The van der Waals surface area contributed by atoms with E-state index >= 15 is 0 Å². The summed E-state index contributed by atoms with van der Waals surface area (Å²) in [4.78, 5) is 21.6. The van der Waals surface area contributed by atoms with Crippen molar-refractivity contribution >= 4 is 11.9 Å². The molecule has 1 aromatic rings. The zero-order chi connectivity index (χ0) is 18.3. The molecular formula is C19H29NO5. The zero-order valence-corrected chi connectivity index (χ0v) is 14.7. The van der Waals surface area contributed by atoms with Gasteiger partial charge < -0.3 is 20.3 Å². The molecule has 0 heterocycles. The van der Waals surface area contributed by atoms with Crippen molar-refractivity contribution in [2.75, 3.05) is 13.2 Å². The Morgan fingerprint density at radius 1 is 1.00 bits per heavy atom. The first-order chi connectivity index (χ1) is 12.1. The van der Waals surface area contributed by atoms with Gasteiger partial charge in [-0.25, -0.2) is 0 Å². The predicted octanol–water partition coefficient (Wildman–Crippen LogP) is 3.06. The Kier molecular flexibility index (Phi) is 11.3. The topological polar surface area (TPSA) is 95.9 Å². The van der Waals surface area contributed by atoms with Crippen LogP contribution >= 0.6 is 0 Å². The van der Waals surface area contributed by atoms with Crippen molar-refractivity contribution in [1.29, 1.82) is 0 Å². The number of carboxylic acid groups (broad SMARTS) is 2. The minimum Gasteiger partial charge on any atom is -0.481 e. The molecule has 0 aliphatic carbocycles. The number of carboxylic acids is 2. The van der Waals surface area contributed by atoms with Crippen molar-refractivity contribution in [3.8, 4) is 0 Å². The SMILES string of the molecule is O=C(O)CCCCCCC(NCCCOCc1ccccc1)C(=O)O. The van der Waals surface area contributed by atoms with Crippen molar-refractivity contribution in [3.05, 3.63) is 35.9 Å². The summed E-state index contributed by atoms with van der Waals surface area (Å²) in [7, 11) is 0. The van der Waals surface area contributed by atoms with Gasteiger partial charge in [-0.1, -0.05) is 49.6 Å². The van der Waals surface area contributed by atoms with Crippen LogP contribution in [0.4, 0.5) is 0 Å². The molecule has 1 atom stereocenters. The lowest BCUT2D eigenvalue weighted by molar-refractivity contribution is -0.140. The van der Waals surface area contributed by atoms with Crippen molar-refractivity contribution in [3.63, 3.8) is 0 Å². The summed E-state index contributed by atoms with van der Waals surface area (Å²) in [6.45, 7) is 1.76. The second kappa shape index (κ2) is 13.4. The Morgan fingerprint density at radius 3 is 2.40 bits per heavy atom. The largest absolute Gasteiger partial charge is 0.481 e. The fourth-order valence-corrected chi connectivity index (χ4v) is 2.51. The molecule has 1 unspecified atom stereocenters. The molecule has 0 bridgehead atoms. The highest BCUT2D eigenvalue weighted by atomic mass is 16.5. The van der Waals surface area contributed by atoms with Crippen LogP contribution in [0.1, 0.15) is 50.5 Å². The summed E-state index contributed by atoms with van der Waals surface area (Å²) in [6, 6.07) is 9.38. The van der Waals surface area contributed by atoms with Crippen LogP contribution in [0.5, 0.6) is 0 Å². The Labute approximate surface area is 149 Å². The van der Waals surface area contributed by atoms with Gasteiger partial charge in [0.1, 0.15) is 6.04 Å². The van der Waals surface area contributed by atoms with Crippen LogP contribution in [0.3, 0.4) is 0 Å². The van der Waals surface area contributed by atoms with Gasteiger partial charge in [0.15, 0.2) is 0 Å². The summed E-state index contributed by atoms with van der Waals surface area (Å²) >= 11 is 0. The lowest BCUT2D eigenvalue weighted by Crippen LogP contribution is -2.37. The number of nitrogens with one attached hydrogen (secondary N) is 1. The maximum atomic E-state index is 11.2. The van der Waals surface area contributed by atoms with Gasteiger partial charge in [0.2, 0.25) is 0 Å². The van der Waals surface area contributed by atoms with E-state index in [0.717, 1.165) is 31.2 Å². The summed E-state index contributed by atoms with van der Waals surface area (Å²) in [6.07, 6.45) is 4.63. The first kappa shape index (κ1) is 21.1. The van der Waals surface area contributed by atoms with Crippen LogP contribution in [-0.4, -0.2) is 41.3 Å². The van der Waals surface area contributed by atoms with Crippen LogP contribution in [0.2, 0.25) is 0 Å². The molecule has 0 spiro atoms. The van der Waals surface area contributed by atoms with Crippen LogP contribution in [0.25, 0.3) is 0 Å². The van der Waals surface area contributed by atoms with E-state index in [0.29, 0.717) is 32.6 Å². The lowest BCUT2D eigenvalue weighted by Gasteiger charge is -2.14. The van der Waals surface area contributed by atoms with E-state index in [4.69, 9.17) is 9.84 Å². The van der Waals surface area contributed by atoms with E-state index in [1.165, 1.54) is 0 Å². The van der Waals surface area contributed by atoms with Gasteiger partial charge in [-0.05, 0) is 31.4 Å². The molecule has 6 nitrogen and oxygen atoms in total. The monoisotopic (exact) mass is 351 g/mol. The summed E-state index contributed by atoms with van der Waals surface area (Å²) in [5, 5.41) is 20.8. The summed E-state index contributed by atoms with van der Waals surface area (Å²) in [5.74, 6) is -1.62. The fraction of sp³-hybridized carbons (Fsp3) is 0.579. The molecule has 3 N–H and O–H groups in total. The van der Waals surface area contributed by atoms with Crippen LogP contribution in [-0.2, 0) is 20.9 Å². The highest BCUT2D eigenvalue weighted by molar-refractivity contribution is 5.73. The summed E-state index contributed by atoms with van der Waals surface area (Å²) < 4.78 is 5.57. The maximum Gasteiger partial charge on any atom is 0.320 e. The number of ether oxygens (including phenoxy) is 1. The van der Waals surface area contributed by atoms with Gasteiger partial charge in [0.25, 0.3) is 0 Å². The second-order valence-corrected chi connectivity index (χ2v) is 6.08. The third-order valence-electron chi connectivity index (χ3n) is 3.90. The molecule has 0 saturated heterocycles. The molecule has 0 amide bonds. The Morgan fingerprint density at radius 2 is 1.72 bits per heavy atom. The molecule has 0 aliphatic rings. The maximum absolute atomic E-state index is 11.2. The highest BCUT2D eigenvalue weighted by Gasteiger charge is 2.15. The molecule has 140 valence electrons. The van der Waals surface area contributed by atoms with Crippen LogP contribution < -0.4 is 5.32 Å². The molecule has 0 aliphatic heterocycles. The number of unbranched alkanes of at least 4 members (excludes halogenated alkanes) is 3. The quantitative estimate of drug-likeness (QED) is 0.420. The molecular weight excluding hydrogens is 322 g/mol.